The van der Waals surface area contributed by atoms with Gasteiger partial charge < -0.3 is 15.5 Å². The van der Waals surface area contributed by atoms with Gasteiger partial charge in [0.1, 0.15) is 0 Å². The topological polar surface area (TPSA) is 44.4 Å². The highest BCUT2D eigenvalue weighted by atomic mass is 32.2. The maximum atomic E-state index is 11.8. The summed E-state index contributed by atoms with van der Waals surface area (Å²) in [5.41, 5.74) is 0. The second kappa shape index (κ2) is 9.64. The van der Waals surface area contributed by atoms with E-state index in [-0.39, 0.29) is 5.91 Å². The first-order valence-electron chi connectivity index (χ1n) is 8.16. The van der Waals surface area contributed by atoms with Crippen molar-refractivity contribution in [2.75, 3.05) is 45.0 Å². The lowest BCUT2D eigenvalue weighted by atomic mass is 10.1. The lowest BCUT2D eigenvalue weighted by molar-refractivity contribution is -0.118. The van der Waals surface area contributed by atoms with Crippen LogP contribution in [0.15, 0.2) is 0 Å². The predicted octanol–water partition coefficient (Wildman–Crippen LogP) is 1.46. The fraction of sp³-hybridized carbons (Fsp3) is 0.933. The molecular weight excluding hydrogens is 270 g/mol. The average molecular weight is 299 g/mol. The van der Waals surface area contributed by atoms with Crippen LogP contribution in [0.5, 0.6) is 0 Å². The van der Waals surface area contributed by atoms with Crippen molar-refractivity contribution in [1.82, 2.24) is 15.5 Å². The van der Waals surface area contributed by atoms with Crippen LogP contribution < -0.4 is 10.6 Å². The minimum absolute atomic E-state index is 0.215. The van der Waals surface area contributed by atoms with E-state index >= 15 is 0 Å². The molecule has 2 aliphatic rings. The molecule has 2 aliphatic heterocycles. The molecule has 2 heterocycles. The lowest BCUT2D eigenvalue weighted by Crippen LogP contribution is -2.34. The Labute approximate surface area is 127 Å². The Hall–Kier alpha value is -0.260. The van der Waals surface area contributed by atoms with E-state index in [1.165, 1.54) is 45.2 Å². The summed E-state index contributed by atoms with van der Waals surface area (Å²) in [5.74, 6) is 0.848. The highest BCUT2D eigenvalue weighted by molar-refractivity contribution is 8.00. The van der Waals surface area contributed by atoms with Gasteiger partial charge in [-0.15, -0.1) is 11.8 Å². The van der Waals surface area contributed by atoms with Crippen molar-refractivity contribution in [1.29, 1.82) is 0 Å². The zero-order valence-electron chi connectivity index (χ0n) is 12.5. The van der Waals surface area contributed by atoms with Crippen LogP contribution in [0.2, 0.25) is 0 Å². The number of amides is 1. The first-order valence-corrected chi connectivity index (χ1v) is 9.21. The molecule has 0 spiro atoms. The molecule has 0 radical (unpaired) electrons. The molecule has 20 heavy (non-hydrogen) atoms. The Morgan fingerprint density at radius 2 is 1.95 bits per heavy atom. The molecule has 4 nitrogen and oxygen atoms in total. The Bertz CT molecular complexity index is 276. The Kier molecular flexibility index (Phi) is 7.76. The van der Waals surface area contributed by atoms with Crippen LogP contribution in [0, 0.1) is 0 Å². The molecule has 2 fully saturated rings. The van der Waals surface area contributed by atoms with E-state index in [0.717, 1.165) is 32.6 Å². The third kappa shape index (κ3) is 6.46. The third-order valence-electron chi connectivity index (χ3n) is 4.16. The molecule has 0 aromatic carbocycles. The van der Waals surface area contributed by atoms with Crippen LogP contribution in [-0.4, -0.2) is 61.1 Å². The van der Waals surface area contributed by atoms with Crippen molar-refractivity contribution >= 4 is 17.7 Å². The lowest BCUT2D eigenvalue weighted by Gasteiger charge is -2.26. The van der Waals surface area contributed by atoms with Crippen LogP contribution in [-0.2, 0) is 4.79 Å². The number of nitrogens with one attached hydrogen (secondary N) is 2. The summed E-state index contributed by atoms with van der Waals surface area (Å²) in [6, 6.07) is 0. The first kappa shape index (κ1) is 16.1. The van der Waals surface area contributed by atoms with Crippen molar-refractivity contribution in [3.63, 3.8) is 0 Å². The van der Waals surface area contributed by atoms with Gasteiger partial charge >= 0.3 is 0 Å². The van der Waals surface area contributed by atoms with E-state index in [1.54, 1.807) is 0 Å². The summed E-state index contributed by atoms with van der Waals surface area (Å²) in [5, 5.41) is 7.09. The number of piperidine rings is 2. The average Bonchev–Trinajstić information content (AvgIpc) is 2.52. The van der Waals surface area contributed by atoms with Gasteiger partial charge in [-0.2, -0.15) is 0 Å². The number of carbonyl (C=O) groups excluding carboxylic acids is 1. The molecular formula is C15H29N3OS. The van der Waals surface area contributed by atoms with E-state index in [9.17, 15) is 4.79 Å². The van der Waals surface area contributed by atoms with Gasteiger partial charge in [-0.05, 0) is 64.8 Å². The van der Waals surface area contributed by atoms with Crippen molar-refractivity contribution in [2.24, 2.45) is 0 Å². The maximum Gasteiger partial charge on any atom is 0.230 e. The number of nitrogens with zero attached hydrogens (tertiary/aromatic N) is 1. The van der Waals surface area contributed by atoms with Gasteiger partial charge in [0, 0.05) is 11.8 Å². The molecule has 0 unspecified atom stereocenters. The Morgan fingerprint density at radius 1 is 1.20 bits per heavy atom. The zero-order valence-corrected chi connectivity index (χ0v) is 13.3. The largest absolute Gasteiger partial charge is 0.355 e. The fourth-order valence-electron chi connectivity index (χ4n) is 2.92. The van der Waals surface area contributed by atoms with Crippen LogP contribution >= 0.6 is 11.8 Å². The summed E-state index contributed by atoms with van der Waals surface area (Å²) in [6.45, 7) is 6.69. The van der Waals surface area contributed by atoms with Gasteiger partial charge in [-0.25, -0.2) is 0 Å². The second-order valence-corrected chi connectivity index (χ2v) is 7.15. The van der Waals surface area contributed by atoms with E-state index in [4.69, 9.17) is 0 Å². The molecule has 0 saturated carbocycles. The number of likely N-dealkylation sites (tertiary alicyclic amines) is 1. The van der Waals surface area contributed by atoms with Gasteiger partial charge in [0.2, 0.25) is 5.91 Å². The molecule has 1 amide bonds. The molecule has 0 aliphatic carbocycles. The maximum absolute atomic E-state index is 11.8. The highest BCUT2D eigenvalue weighted by Gasteiger charge is 2.15. The minimum atomic E-state index is 0.215. The Balaban J connectivity index is 1.45. The SMILES string of the molecule is O=C(CSC1CCNCC1)NCCCN1CCCCC1. The summed E-state index contributed by atoms with van der Waals surface area (Å²) in [4.78, 5) is 14.3. The summed E-state index contributed by atoms with van der Waals surface area (Å²) >= 11 is 1.83. The monoisotopic (exact) mass is 299 g/mol. The molecule has 0 bridgehead atoms. The van der Waals surface area contributed by atoms with E-state index in [1.807, 2.05) is 11.8 Å². The number of thioether (sulfide) groups is 1. The van der Waals surface area contributed by atoms with E-state index in [2.05, 4.69) is 15.5 Å². The zero-order chi connectivity index (χ0) is 14.0. The van der Waals surface area contributed by atoms with Crippen LogP contribution in [0.3, 0.4) is 0 Å². The number of hydrogen-bond donors (Lipinski definition) is 2. The molecule has 0 aromatic heterocycles. The fourth-order valence-corrected chi connectivity index (χ4v) is 3.98. The van der Waals surface area contributed by atoms with Crippen molar-refractivity contribution in [2.45, 2.75) is 43.8 Å². The van der Waals surface area contributed by atoms with Crippen LogP contribution in [0.1, 0.15) is 38.5 Å². The second-order valence-electron chi connectivity index (χ2n) is 5.87. The molecule has 2 saturated heterocycles. The van der Waals surface area contributed by atoms with Gasteiger partial charge in [0.25, 0.3) is 0 Å². The van der Waals surface area contributed by atoms with Crippen molar-refractivity contribution < 1.29 is 4.79 Å². The number of rotatable bonds is 7. The quantitative estimate of drug-likeness (QED) is 0.699. The smallest absolute Gasteiger partial charge is 0.230 e. The molecule has 2 rings (SSSR count). The molecule has 116 valence electrons. The van der Waals surface area contributed by atoms with E-state index < -0.39 is 0 Å². The normalized spacial score (nSPS) is 21.8. The van der Waals surface area contributed by atoms with Gasteiger partial charge in [-0.1, -0.05) is 6.42 Å². The Morgan fingerprint density at radius 3 is 2.70 bits per heavy atom. The van der Waals surface area contributed by atoms with Crippen molar-refractivity contribution in [3.8, 4) is 0 Å². The molecule has 0 atom stereocenters. The molecule has 2 N–H and O–H groups in total. The van der Waals surface area contributed by atoms with E-state index in [0.29, 0.717) is 11.0 Å². The number of hydrogen-bond acceptors (Lipinski definition) is 4. The van der Waals surface area contributed by atoms with Gasteiger partial charge in [-0.3, -0.25) is 4.79 Å². The third-order valence-corrected chi connectivity index (χ3v) is 5.53. The first-order chi connectivity index (χ1) is 9.84. The van der Waals surface area contributed by atoms with Crippen molar-refractivity contribution in [3.05, 3.63) is 0 Å². The molecule has 0 aromatic rings. The number of carbonyl (C=O) groups is 1. The summed E-state index contributed by atoms with van der Waals surface area (Å²) in [7, 11) is 0. The predicted molar refractivity (Wildman–Crippen MR) is 86.3 cm³/mol. The summed E-state index contributed by atoms with van der Waals surface area (Å²) < 4.78 is 0. The van der Waals surface area contributed by atoms with Gasteiger partial charge in [0.15, 0.2) is 0 Å². The highest BCUT2D eigenvalue weighted by Crippen LogP contribution is 2.19. The molecule has 5 heteroatoms. The minimum Gasteiger partial charge on any atom is -0.355 e. The summed E-state index contributed by atoms with van der Waals surface area (Å²) in [6.07, 6.45) is 7.57. The van der Waals surface area contributed by atoms with Crippen LogP contribution in [0.25, 0.3) is 0 Å². The van der Waals surface area contributed by atoms with Crippen LogP contribution in [0.4, 0.5) is 0 Å². The van der Waals surface area contributed by atoms with Gasteiger partial charge in [0.05, 0.1) is 5.75 Å². The standard InChI is InChI=1S/C15H29N3OS/c19-15(13-20-14-5-8-16-9-6-14)17-7-4-12-18-10-2-1-3-11-18/h14,16H,1-13H2,(H,17,19).